The summed E-state index contributed by atoms with van der Waals surface area (Å²) in [6.45, 7) is 3.89. The Balaban J connectivity index is 2.30. The van der Waals surface area contributed by atoms with Crippen molar-refractivity contribution in [1.82, 2.24) is 10.2 Å². The SMILES string of the molecule is CCCCCCCN(CCCO)C(=O)C1CSCN1. The standard InChI is InChI=1S/C14H28N2O2S/c1-2-3-4-5-6-8-16(9-7-10-17)14(18)13-11-19-12-15-13/h13,15,17H,2-12H2,1H3. The number of aliphatic hydroxyl groups is 1. The molecule has 1 aliphatic rings. The molecule has 0 aliphatic carbocycles. The largest absolute Gasteiger partial charge is 0.396 e. The average molecular weight is 288 g/mol. The van der Waals surface area contributed by atoms with Crippen molar-refractivity contribution in [2.75, 3.05) is 31.3 Å². The highest BCUT2D eigenvalue weighted by Crippen LogP contribution is 2.13. The van der Waals surface area contributed by atoms with Crippen LogP contribution in [0.4, 0.5) is 0 Å². The van der Waals surface area contributed by atoms with Gasteiger partial charge in [0.15, 0.2) is 0 Å². The summed E-state index contributed by atoms with van der Waals surface area (Å²) in [7, 11) is 0. The van der Waals surface area contributed by atoms with Gasteiger partial charge in [-0.05, 0) is 12.8 Å². The van der Waals surface area contributed by atoms with Gasteiger partial charge in [0, 0.05) is 31.3 Å². The Bertz CT molecular complexity index is 246. The van der Waals surface area contributed by atoms with Crippen LogP contribution in [-0.2, 0) is 4.79 Å². The summed E-state index contributed by atoms with van der Waals surface area (Å²) in [5.41, 5.74) is 0. The second-order valence-corrected chi connectivity index (χ2v) is 6.12. The summed E-state index contributed by atoms with van der Waals surface area (Å²) in [6, 6.07) is -0.0145. The van der Waals surface area contributed by atoms with Crippen LogP contribution in [0.2, 0.25) is 0 Å². The smallest absolute Gasteiger partial charge is 0.240 e. The number of hydrogen-bond acceptors (Lipinski definition) is 4. The topological polar surface area (TPSA) is 52.6 Å². The molecule has 0 bridgehead atoms. The van der Waals surface area contributed by atoms with Crippen molar-refractivity contribution in [3.8, 4) is 0 Å². The third-order valence-electron chi connectivity index (χ3n) is 3.44. The van der Waals surface area contributed by atoms with E-state index in [9.17, 15) is 4.79 Å². The number of carbonyl (C=O) groups is 1. The van der Waals surface area contributed by atoms with Crippen LogP contribution in [0, 0.1) is 0 Å². The van der Waals surface area contributed by atoms with Crippen LogP contribution in [0.1, 0.15) is 45.4 Å². The van der Waals surface area contributed by atoms with Gasteiger partial charge in [-0.2, -0.15) is 0 Å². The lowest BCUT2D eigenvalue weighted by Crippen LogP contribution is -2.45. The quantitative estimate of drug-likeness (QED) is 0.602. The second-order valence-electron chi connectivity index (χ2n) is 5.09. The van der Waals surface area contributed by atoms with Crippen LogP contribution in [0.15, 0.2) is 0 Å². The van der Waals surface area contributed by atoms with E-state index in [0.717, 1.165) is 24.6 Å². The van der Waals surface area contributed by atoms with Gasteiger partial charge in [0.2, 0.25) is 5.91 Å². The van der Waals surface area contributed by atoms with Gasteiger partial charge in [-0.25, -0.2) is 0 Å². The molecule has 112 valence electrons. The normalized spacial score (nSPS) is 18.7. The average Bonchev–Trinajstić information content (AvgIpc) is 2.95. The molecule has 1 aliphatic heterocycles. The van der Waals surface area contributed by atoms with Crippen LogP contribution in [0.3, 0.4) is 0 Å². The van der Waals surface area contributed by atoms with Crippen molar-refractivity contribution in [2.24, 2.45) is 0 Å². The lowest BCUT2D eigenvalue weighted by atomic mass is 10.1. The molecule has 5 heteroatoms. The van der Waals surface area contributed by atoms with E-state index < -0.39 is 0 Å². The zero-order valence-electron chi connectivity index (χ0n) is 12.1. The van der Waals surface area contributed by atoms with Gasteiger partial charge in [0.1, 0.15) is 0 Å². The van der Waals surface area contributed by atoms with Gasteiger partial charge in [0.25, 0.3) is 0 Å². The maximum atomic E-state index is 12.3. The Hall–Kier alpha value is -0.260. The number of carbonyl (C=O) groups excluding carboxylic acids is 1. The summed E-state index contributed by atoms with van der Waals surface area (Å²) < 4.78 is 0. The number of unbranched alkanes of at least 4 members (excludes halogenated alkanes) is 4. The molecule has 0 radical (unpaired) electrons. The fourth-order valence-electron chi connectivity index (χ4n) is 2.27. The molecule has 1 fully saturated rings. The molecule has 0 aromatic rings. The zero-order valence-corrected chi connectivity index (χ0v) is 12.9. The lowest BCUT2D eigenvalue weighted by Gasteiger charge is -2.25. The Morgan fingerprint density at radius 1 is 1.26 bits per heavy atom. The first-order valence-corrected chi connectivity index (χ1v) is 8.65. The zero-order chi connectivity index (χ0) is 13.9. The number of nitrogens with zero attached hydrogens (tertiary/aromatic N) is 1. The molecule has 1 heterocycles. The first kappa shape index (κ1) is 16.8. The van der Waals surface area contributed by atoms with Gasteiger partial charge < -0.3 is 10.0 Å². The maximum Gasteiger partial charge on any atom is 0.240 e. The molecule has 19 heavy (non-hydrogen) atoms. The minimum absolute atomic E-state index is 0.0145. The van der Waals surface area contributed by atoms with Crippen LogP contribution in [0.5, 0.6) is 0 Å². The molecule has 0 spiro atoms. The number of nitrogens with one attached hydrogen (secondary N) is 1. The molecule has 0 aromatic heterocycles. The fraction of sp³-hybridized carbons (Fsp3) is 0.929. The number of amides is 1. The monoisotopic (exact) mass is 288 g/mol. The Morgan fingerprint density at radius 2 is 2.00 bits per heavy atom. The van der Waals surface area contributed by atoms with E-state index in [2.05, 4.69) is 12.2 Å². The van der Waals surface area contributed by atoms with Crippen LogP contribution in [-0.4, -0.2) is 53.3 Å². The molecule has 1 unspecified atom stereocenters. The minimum atomic E-state index is -0.0145. The molecule has 0 aromatic carbocycles. The molecule has 1 amide bonds. The summed E-state index contributed by atoms with van der Waals surface area (Å²) in [4.78, 5) is 14.3. The highest BCUT2D eigenvalue weighted by Gasteiger charge is 2.26. The highest BCUT2D eigenvalue weighted by atomic mass is 32.2. The van der Waals surface area contributed by atoms with Gasteiger partial charge in [0.05, 0.1) is 6.04 Å². The van der Waals surface area contributed by atoms with E-state index in [0.29, 0.717) is 13.0 Å². The molecule has 4 nitrogen and oxygen atoms in total. The van der Waals surface area contributed by atoms with E-state index in [1.54, 1.807) is 11.8 Å². The third kappa shape index (κ3) is 6.63. The maximum absolute atomic E-state index is 12.3. The van der Waals surface area contributed by atoms with E-state index >= 15 is 0 Å². The summed E-state index contributed by atoms with van der Waals surface area (Å²) in [6.07, 6.45) is 6.75. The summed E-state index contributed by atoms with van der Waals surface area (Å²) in [5, 5.41) is 12.2. The second kappa shape index (κ2) is 10.5. The van der Waals surface area contributed by atoms with Crippen LogP contribution >= 0.6 is 11.8 Å². The number of hydrogen-bond donors (Lipinski definition) is 2. The number of rotatable bonds is 10. The Morgan fingerprint density at radius 3 is 2.63 bits per heavy atom. The predicted molar refractivity (Wildman–Crippen MR) is 81.3 cm³/mol. The van der Waals surface area contributed by atoms with Crippen molar-refractivity contribution in [1.29, 1.82) is 0 Å². The highest BCUT2D eigenvalue weighted by molar-refractivity contribution is 7.99. The van der Waals surface area contributed by atoms with Crippen molar-refractivity contribution in [3.05, 3.63) is 0 Å². The van der Waals surface area contributed by atoms with E-state index in [4.69, 9.17) is 5.11 Å². The molecular weight excluding hydrogens is 260 g/mol. The molecule has 1 saturated heterocycles. The molecule has 2 N–H and O–H groups in total. The minimum Gasteiger partial charge on any atom is -0.396 e. The van der Waals surface area contributed by atoms with E-state index in [1.807, 2.05) is 4.90 Å². The Labute approximate surface area is 121 Å². The van der Waals surface area contributed by atoms with Crippen molar-refractivity contribution in [2.45, 2.75) is 51.5 Å². The molecular formula is C14H28N2O2S. The van der Waals surface area contributed by atoms with Crippen molar-refractivity contribution in [3.63, 3.8) is 0 Å². The summed E-state index contributed by atoms with van der Waals surface area (Å²) in [5.74, 6) is 1.97. The van der Waals surface area contributed by atoms with Gasteiger partial charge >= 0.3 is 0 Å². The van der Waals surface area contributed by atoms with E-state index in [1.165, 1.54) is 25.7 Å². The van der Waals surface area contributed by atoms with Crippen molar-refractivity contribution < 1.29 is 9.90 Å². The Kier molecular flexibility index (Phi) is 9.30. The van der Waals surface area contributed by atoms with Crippen LogP contribution in [0.25, 0.3) is 0 Å². The van der Waals surface area contributed by atoms with Crippen LogP contribution < -0.4 is 5.32 Å². The third-order valence-corrected chi connectivity index (χ3v) is 4.38. The van der Waals surface area contributed by atoms with Crippen molar-refractivity contribution >= 4 is 17.7 Å². The first-order chi connectivity index (χ1) is 9.29. The van der Waals surface area contributed by atoms with Gasteiger partial charge in [-0.1, -0.05) is 32.6 Å². The molecule has 1 rings (SSSR count). The fourth-order valence-corrected chi connectivity index (χ4v) is 3.21. The lowest BCUT2D eigenvalue weighted by molar-refractivity contribution is -0.132. The molecule has 0 saturated carbocycles. The van der Waals surface area contributed by atoms with Gasteiger partial charge in [-0.3, -0.25) is 10.1 Å². The molecule has 1 atom stereocenters. The number of aliphatic hydroxyl groups excluding tert-OH is 1. The summed E-state index contributed by atoms with van der Waals surface area (Å²) >= 11 is 1.78. The van der Waals surface area contributed by atoms with Gasteiger partial charge in [-0.15, -0.1) is 11.8 Å². The number of thioether (sulfide) groups is 1. The predicted octanol–water partition coefficient (Wildman–Crippen LogP) is 1.83. The van der Waals surface area contributed by atoms with E-state index in [-0.39, 0.29) is 18.6 Å². The first-order valence-electron chi connectivity index (χ1n) is 7.50.